The van der Waals surface area contributed by atoms with Crippen LogP contribution in [0.2, 0.25) is 5.15 Å². The van der Waals surface area contributed by atoms with Crippen LogP contribution in [-0.4, -0.2) is 32.7 Å². The second-order valence-corrected chi connectivity index (χ2v) is 8.66. The van der Waals surface area contributed by atoms with E-state index < -0.39 is 15.7 Å². The Morgan fingerprint density at radius 1 is 1.16 bits per heavy atom. The largest absolute Gasteiger partial charge is 0.301 e. The molecule has 0 spiro atoms. The molecule has 0 aliphatic rings. The normalized spacial score (nSPS) is 12.0. The first-order valence-electron chi connectivity index (χ1n) is 9.46. The summed E-state index contributed by atoms with van der Waals surface area (Å²) in [5.74, 6) is 0.106. The number of nitrogens with zero attached hydrogens (tertiary/aromatic N) is 5. The molecule has 0 unspecified atom stereocenters. The van der Waals surface area contributed by atoms with Gasteiger partial charge in [-0.1, -0.05) is 24.9 Å². The Hall–Kier alpha value is -2.89. The van der Waals surface area contributed by atoms with Gasteiger partial charge in [0.15, 0.2) is 5.69 Å². The molecule has 0 amide bonds. The van der Waals surface area contributed by atoms with Crippen molar-refractivity contribution in [3.05, 3.63) is 56.7 Å². The third-order valence-electron chi connectivity index (χ3n) is 4.57. The van der Waals surface area contributed by atoms with E-state index in [1.165, 1.54) is 24.3 Å². The van der Waals surface area contributed by atoms with E-state index >= 15 is 0 Å². The van der Waals surface area contributed by atoms with Gasteiger partial charge in [-0.05, 0) is 51.0 Å². The molecule has 3 rings (SSSR count). The van der Waals surface area contributed by atoms with Crippen molar-refractivity contribution in [3.63, 3.8) is 0 Å². The first-order valence-corrected chi connectivity index (χ1v) is 11.3. The molecular weight excluding hydrogens is 444 g/mol. The van der Waals surface area contributed by atoms with Gasteiger partial charge in [0, 0.05) is 11.3 Å². The number of nitrogens with one attached hydrogen (secondary N) is 1. The quantitative estimate of drug-likeness (QED) is 0.304. The topological polar surface area (TPSA) is 143 Å². The van der Waals surface area contributed by atoms with Crippen LogP contribution >= 0.6 is 11.6 Å². The zero-order valence-corrected chi connectivity index (χ0v) is 18.7. The fourth-order valence-corrected chi connectivity index (χ4v) is 3.66. The monoisotopic (exact) mass is 464 g/mol. The van der Waals surface area contributed by atoms with Crippen molar-refractivity contribution in [1.29, 1.82) is 0 Å². The Balaban J connectivity index is 1.92. The predicted octanol–water partition coefficient (Wildman–Crippen LogP) is 4.23. The summed E-state index contributed by atoms with van der Waals surface area (Å²) in [5.41, 5.74) is 1.84. The minimum Gasteiger partial charge on any atom is -0.290 e. The van der Waals surface area contributed by atoms with Crippen molar-refractivity contribution in [2.45, 2.75) is 44.9 Å². The van der Waals surface area contributed by atoms with Crippen LogP contribution in [0, 0.1) is 13.8 Å². The van der Waals surface area contributed by atoms with Crippen LogP contribution in [0.4, 0.5) is 11.4 Å². The summed E-state index contributed by atoms with van der Waals surface area (Å²) in [4.78, 5) is 21.2. The van der Waals surface area contributed by atoms with Crippen molar-refractivity contribution in [2.24, 2.45) is 10.2 Å². The molecule has 12 heteroatoms. The summed E-state index contributed by atoms with van der Waals surface area (Å²) in [6.45, 7) is 5.55. The average Bonchev–Trinajstić information content (AvgIpc) is 2.99. The van der Waals surface area contributed by atoms with Crippen LogP contribution in [0.1, 0.15) is 36.7 Å². The number of rotatable bonds is 7. The smallest absolute Gasteiger partial charge is 0.290 e. The highest BCUT2D eigenvalue weighted by Gasteiger charge is 2.17. The Morgan fingerprint density at radius 2 is 1.84 bits per heavy atom. The molecule has 0 saturated carbocycles. The summed E-state index contributed by atoms with van der Waals surface area (Å²) >= 11 is 6.32. The van der Waals surface area contributed by atoms with Crippen molar-refractivity contribution in [2.75, 3.05) is 0 Å². The van der Waals surface area contributed by atoms with E-state index in [4.69, 9.17) is 16.2 Å². The first-order chi connectivity index (χ1) is 14.6. The number of hydrogen-bond acceptors (Lipinski definition) is 7. The number of halogens is 1. The Kier molecular flexibility index (Phi) is 6.68. The van der Waals surface area contributed by atoms with Crippen LogP contribution in [0.5, 0.6) is 0 Å². The van der Waals surface area contributed by atoms with Gasteiger partial charge in [0.2, 0.25) is 0 Å². The fourth-order valence-electron chi connectivity index (χ4n) is 2.87. The molecule has 0 bridgehead atoms. The van der Waals surface area contributed by atoms with Gasteiger partial charge in [0.25, 0.3) is 16.1 Å². The second kappa shape index (κ2) is 9.08. The molecule has 10 nitrogen and oxygen atoms in total. The van der Waals surface area contributed by atoms with Crippen LogP contribution in [-0.2, 0) is 16.5 Å². The Bertz CT molecular complexity index is 1270. The number of benzene rings is 1. The van der Waals surface area contributed by atoms with Gasteiger partial charge in [-0.25, -0.2) is 4.98 Å². The van der Waals surface area contributed by atoms with Gasteiger partial charge in [-0.2, -0.15) is 23.2 Å². The van der Waals surface area contributed by atoms with Gasteiger partial charge >= 0.3 is 5.56 Å². The van der Waals surface area contributed by atoms with Crippen molar-refractivity contribution < 1.29 is 13.0 Å². The predicted molar refractivity (Wildman–Crippen MR) is 116 cm³/mol. The average molecular weight is 465 g/mol. The minimum absolute atomic E-state index is 0.0475. The van der Waals surface area contributed by atoms with E-state index in [9.17, 15) is 13.2 Å². The molecule has 0 saturated heterocycles. The molecule has 31 heavy (non-hydrogen) atoms. The molecule has 0 fully saturated rings. The highest BCUT2D eigenvalue weighted by Crippen LogP contribution is 2.22. The lowest BCUT2D eigenvalue weighted by atomic mass is 10.1. The molecule has 1 aromatic carbocycles. The lowest BCUT2D eigenvalue weighted by Crippen LogP contribution is -2.18. The number of H-pyrrole nitrogens is 1. The third kappa shape index (κ3) is 5.06. The lowest BCUT2D eigenvalue weighted by Gasteiger charge is -2.09. The van der Waals surface area contributed by atoms with Crippen molar-refractivity contribution in [1.82, 2.24) is 19.7 Å². The number of hydrogen-bond donors (Lipinski definition) is 2. The molecule has 2 N–H and O–H groups in total. The molecule has 0 radical (unpaired) electrons. The fraction of sp³-hybridized carbons (Fsp3) is 0.316. The molecule has 2 heterocycles. The van der Waals surface area contributed by atoms with Gasteiger partial charge in [0.05, 0.1) is 16.3 Å². The van der Waals surface area contributed by atoms with Crippen molar-refractivity contribution in [3.8, 4) is 5.95 Å². The van der Waals surface area contributed by atoms with E-state index in [-0.39, 0.29) is 16.5 Å². The summed E-state index contributed by atoms with van der Waals surface area (Å²) < 4.78 is 32.4. The van der Waals surface area contributed by atoms with Crippen molar-refractivity contribution >= 4 is 33.1 Å². The molecule has 0 aliphatic carbocycles. The van der Waals surface area contributed by atoms with Crippen LogP contribution < -0.4 is 5.56 Å². The van der Waals surface area contributed by atoms with E-state index in [1.807, 2.05) is 6.92 Å². The third-order valence-corrected chi connectivity index (χ3v) is 5.75. The molecular formula is C19H21ClN6O4S. The highest BCUT2D eigenvalue weighted by atomic mass is 35.5. The number of aromatic nitrogens is 4. The standard InChI is InChI=1S/C19H21ClN6O4S/c1-4-5-6-15-11(2)21-19(22-17(15)20)26-18(27)16(12(3)25-26)24-23-13-7-9-14(10-8-13)31(28,29)30/h7-10,25H,4-6H2,1-3H3,(H,28,29,30). The maximum Gasteiger partial charge on any atom is 0.301 e. The lowest BCUT2D eigenvalue weighted by molar-refractivity contribution is 0.483. The summed E-state index contributed by atoms with van der Waals surface area (Å²) in [6, 6.07) is 5.08. The maximum absolute atomic E-state index is 12.8. The number of azo groups is 1. The Morgan fingerprint density at radius 3 is 2.42 bits per heavy atom. The Labute approximate surface area is 183 Å². The van der Waals surface area contributed by atoms with Crippen LogP contribution in [0.25, 0.3) is 5.95 Å². The summed E-state index contributed by atoms with van der Waals surface area (Å²) in [7, 11) is -4.30. The van der Waals surface area contributed by atoms with Gasteiger partial charge in [-0.15, -0.1) is 5.11 Å². The van der Waals surface area contributed by atoms with Crippen LogP contribution in [0.15, 0.2) is 44.2 Å². The summed E-state index contributed by atoms with van der Waals surface area (Å²) in [6.07, 6.45) is 2.73. The SMILES string of the molecule is CCCCc1c(C)nc(-n2[nH]c(C)c(N=Nc3ccc(S(=O)(=O)O)cc3)c2=O)nc1Cl. The molecule has 0 atom stereocenters. The van der Waals surface area contributed by atoms with Gasteiger partial charge < -0.3 is 0 Å². The first kappa shape index (κ1) is 22.8. The van der Waals surface area contributed by atoms with E-state index in [0.29, 0.717) is 22.2 Å². The zero-order chi connectivity index (χ0) is 22.8. The molecule has 2 aromatic heterocycles. The molecule has 164 valence electrons. The van der Waals surface area contributed by atoms with E-state index in [2.05, 4.69) is 32.2 Å². The van der Waals surface area contributed by atoms with Gasteiger partial charge in [-0.3, -0.25) is 14.4 Å². The maximum atomic E-state index is 12.8. The summed E-state index contributed by atoms with van der Waals surface area (Å²) in [5, 5.41) is 11.1. The number of aromatic amines is 1. The van der Waals surface area contributed by atoms with E-state index in [1.54, 1.807) is 6.92 Å². The zero-order valence-electron chi connectivity index (χ0n) is 17.1. The number of unbranched alkanes of at least 4 members (excludes halogenated alkanes) is 1. The molecule has 0 aliphatic heterocycles. The van der Waals surface area contributed by atoms with E-state index in [0.717, 1.165) is 29.5 Å². The second-order valence-electron chi connectivity index (χ2n) is 6.88. The number of aryl methyl sites for hydroxylation is 2. The highest BCUT2D eigenvalue weighted by molar-refractivity contribution is 7.85. The minimum atomic E-state index is -4.30. The van der Waals surface area contributed by atoms with Crippen LogP contribution in [0.3, 0.4) is 0 Å². The molecule has 3 aromatic rings. The van der Waals surface area contributed by atoms with Gasteiger partial charge in [0.1, 0.15) is 5.15 Å².